The summed E-state index contributed by atoms with van der Waals surface area (Å²) in [6.45, 7) is 1.29. The molecule has 0 spiro atoms. The molecule has 3 rings (SSSR count). The van der Waals surface area contributed by atoms with Crippen molar-refractivity contribution in [2.75, 3.05) is 5.32 Å². The molecule has 0 bridgehead atoms. The Morgan fingerprint density at radius 1 is 1.26 bits per heavy atom. The average Bonchev–Trinajstić information content (AvgIpc) is 2.86. The second kappa shape index (κ2) is 5.92. The van der Waals surface area contributed by atoms with Gasteiger partial charge >= 0.3 is 5.97 Å². The first kappa shape index (κ1) is 14.8. The quantitative estimate of drug-likeness (QED) is 0.708. The Kier molecular flexibility index (Phi) is 3.80. The Bertz CT molecular complexity index is 885. The number of hydrogen-bond acceptors (Lipinski definition) is 4. The third-order valence-corrected chi connectivity index (χ3v) is 3.52. The second-order valence-corrected chi connectivity index (χ2v) is 5.22. The van der Waals surface area contributed by atoms with Crippen LogP contribution in [0.4, 0.5) is 11.4 Å². The maximum atomic E-state index is 11.8. The van der Waals surface area contributed by atoms with Crippen molar-refractivity contribution in [1.82, 2.24) is 9.55 Å². The summed E-state index contributed by atoms with van der Waals surface area (Å²) >= 11 is 0. The molecule has 116 valence electrons. The molecule has 0 aliphatic rings. The molecule has 3 aromatic rings. The Hall–Kier alpha value is -3.15. The van der Waals surface area contributed by atoms with E-state index in [1.807, 2.05) is 30.3 Å². The molecule has 1 aromatic carbocycles. The van der Waals surface area contributed by atoms with Crippen molar-refractivity contribution in [3.8, 4) is 0 Å². The van der Waals surface area contributed by atoms with Gasteiger partial charge in [0.25, 0.3) is 0 Å². The van der Waals surface area contributed by atoms with Gasteiger partial charge in [0.1, 0.15) is 6.54 Å². The van der Waals surface area contributed by atoms with Crippen molar-refractivity contribution in [2.45, 2.75) is 13.5 Å². The Morgan fingerprint density at radius 3 is 2.74 bits per heavy atom. The van der Waals surface area contributed by atoms with Crippen LogP contribution in [0.1, 0.15) is 17.3 Å². The number of carbonyl (C=O) groups excluding carboxylic acids is 1. The number of benzene rings is 1. The number of aliphatic carboxylic acids is 1. The van der Waals surface area contributed by atoms with Crippen LogP contribution in [0, 0.1) is 0 Å². The molecule has 0 fully saturated rings. The number of anilines is 2. The molecule has 0 unspecified atom stereocenters. The zero-order chi connectivity index (χ0) is 16.4. The summed E-state index contributed by atoms with van der Waals surface area (Å²) in [5, 5.41) is 12.9. The summed E-state index contributed by atoms with van der Waals surface area (Å²) in [5.74, 6) is -1.05. The molecule has 0 amide bonds. The lowest BCUT2D eigenvalue weighted by Gasteiger charge is -2.07. The van der Waals surface area contributed by atoms with Gasteiger partial charge in [0.05, 0.1) is 11.9 Å². The molecule has 6 heteroatoms. The minimum atomic E-state index is -0.949. The standard InChI is InChI=1S/C17H15N3O3/c1-11(21)15-9-20(10-17(22)23)16-5-4-12(7-14(15)16)19-13-3-2-6-18-8-13/h2-9,19H,10H2,1H3,(H,22,23). The number of carboxylic acid groups (broad SMARTS) is 1. The van der Waals surface area contributed by atoms with Crippen LogP contribution in [0.2, 0.25) is 0 Å². The van der Waals surface area contributed by atoms with Crippen molar-refractivity contribution in [2.24, 2.45) is 0 Å². The largest absolute Gasteiger partial charge is 0.480 e. The van der Waals surface area contributed by atoms with E-state index in [0.29, 0.717) is 11.1 Å². The van der Waals surface area contributed by atoms with Crippen LogP contribution in [-0.2, 0) is 11.3 Å². The lowest BCUT2D eigenvalue weighted by molar-refractivity contribution is -0.137. The highest BCUT2D eigenvalue weighted by molar-refractivity contribution is 6.08. The number of fused-ring (bicyclic) bond motifs is 1. The van der Waals surface area contributed by atoms with E-state index in [0.717, 1.165) is 16.8 Å². The van der Waals surface area contributed by atoms with Gasteiger partial charge in [0.2, 0.25) is 0 Å². The third kappa shape index (κ3) is 3.06. The number of ketones is 1. The van der Waals surface area contributed by atoms with Gasteiger partial charge < -0.3 is 15.0 Å². The molecule has 6 nitrogen and oxygen atoms in total. The molecule has 0 aliphatic carbocycles. The number of nitrogens with one attached hydrogen (secondary N) is 1. The Balaban J connectivity index is 2.05. The summed E-state index contributed by atoms with van der Waals surface area (Å²) < 4.78 is 1.57. The van der Waals surface area contributed by atoms with E-state index >= 15 is 0 Å². The van der Waals surface area contributed by atoms with Gasteiger partial charge in [-0.2, -0.15) is 0 Å². The van der Waals surface area contributed by atoms with Gasteiger partial charge in [-0.25, -0.2) is 0 Å². The Labute approximate surface area is 132 Å². The first-order chi connectivity index (χ1) is 11.0. The van der Waals surface area contributed by atoms with Gasteiger partial charge in [-0.15, -0.1) is 0 Å². The van der Waals surface area contributed by atoms with Crippen molar-refractivity contribution in [1.29, 1.82) is 0 Å². The molecule has 0 saturated carbocycles. The van der Waals surface area contributed by atoms with Gasteiger partial charge in [-0.05, 0) is 37.3 Å². The Morgan fingerprint density at radius 2 is 2.09 bits per heavy atom. The van der Waals surface area contributed by atoms with Crippen LogP contribution in [-0.4, -0.2) is 26.4 Å². The first-order valence-corrected chi connectivity index (χ1v) is 7.07. The van der Waals surface area contributed by atoms with Crippen LogP contribution in [0.3, 0.4) is 0 Å². The molecule has 2 aromatic heterocycles. The smallest absolute Gasteiger partial charge is 0.323 e. The number of nitrogens with zero attached hydrogens (tertiary/aromatic N) is 2. The van der Waals surface area contributed by atoms with E-state index in [4.69, 9.17) is 5.11 Å². The highest BCUT2D eigenvalue weighted by atomic mass is 16.4. The number of carbonyl (C=O) groups is 2. The number of carboxylic acids is 1. The number of Topliss-reactive ketones (excluding diaryl/α,β-unsaturated/α-hetero) is 1. The molecule has 2 N–H and O–H groups in total. The molecule has 0 atom stereocenters. The summed E-state index contributed by atoms with van der Waals surface area (Å²) in [6.07, 6.45) is 4.98. The van der Waals surface area contributed by atoms with Crippen molar-refractivity contribution in [3.63, 3.8) is 0 Å². The monoisotopic (exact) mass is 309 g/mol. The van der Waals surface area contributed by atoms with Gasteiger partial charge in [-0.3, -0.25) is 14.6 Å². The van der Waals surface area contributed by atoms with E-state index in [-0.39, 0.29) is 12.3 Å². The molecular formula is C17H15N3O3. The van der Waals surface area contributed by atoms with E-state index in [2.05, 4.69) is 10.3 Å². The molecule has 0 aliphatic heterocycles. The lowest BCUT2D eigenvalue weighted by Crippen LogP contribution is -2.07. The number of hydrogen-bond donors (Lipinski definition) is 2. The van der Waals surface area contributed by atoms with E-state index in [9.17, 15) is 9.59 Å². The average molecular weight is 309 g/mol. The fraction of sp³-hybridized carbons (Fsp3) is 0.118. The minimum absolute atomic E-state index is 0.0994. The fourth-order valence-corrected chi connectivity index (χ4v) is 2.54. The van der Waals surface area contributed by atoms with Crippen molar-refractivity contribution in [3.05, 3.63) is 54.5 Å². The third-order valence-electron chi connectivity index (χ3n) is 3.52. The molecule has 2 heterocycles. The van der Waals surface area contributed by atoms with Crippen LogP contribution in [0.25, 0.3) is 10.9 Å². The number of aromatic nitrogens is 2. The first-order valence-electron chi connectivity index (χ1n) is 7.07. The number of pyridine rings is 1. The topological polar surface area (TPSA) is 84.2 Å². The van der Waals surface area contributed by atoms with E-state index < -0.39 is 5.97 Å². The lowest BCUT2D eigenvalue weighted by atomic mass is 10.1. The fourth-order valence-electron chi connectivity index (χ4n) is 2.54. The second-order valence-electron chi connectivity index (χ2n) is 5.22. The summed E-state index contributed by atoms with van der Waals surface area (Å²) in [6, 6.07) is 9.21. The van der Waals surface area contributed by atoms with Crippen molar-refractivity contribution >= 4 is 34.0 Å². The van der Waals surface area contributed by atoms with Crippen molar-refractivity contribution < 1.29 is 14.7 Å². The maximum Gasteiger partial charge on any atom is 0.323 e. The van der Waals surface area contributed by atoms with Gasteiger partial charge in [0.15, 0.2) is 5.78 Å². The zero-order valence-corrected chi connectivity index (χ0v) is 12.5. The summed E-state index contributed by atoms with van der Waals surface area (Å²) in [7, 11) is 0. The molecular weight excluding hydrogens is 294 g/mol. The molecule has 0 saturated heterocycles. The summed E-state index contributed by atoms with van der Waals surface area (Å²) in [4.78, 5) is 26.9. The molecule has 0 radical (unpaired) electrons. The van der Waals surface area contributed by atoms with Crippen LogP contribution in [0.15, 0.2) is 48.9 Å². The predicted octanol–water partition coefficient (Wildman–Crippen LogP) is 3.07. The van der Waals surface area contributed by atoms with E-state index in [1.54, 1.807) is 23.2 Å². The van der Waals surface area contributed by atoms with Crippen LogP contribution < -0.4 is 5.32 Å². The zero-order valence-electron chi connectivity index (χ0n) is 12.5. The van der Waals surface area contributed by atoms with Gasteiger partial charge in [0, 0.05) is 34.5 Å². The predicted molar refractivity (Wildman–Crippen MR) is 87.1 cm³/mol. The highest BCUT2D eigenvalue weighted by Gasteiger charge is 2.14. The molecule has 23 heavy (non-hydrogen) atoms. The summed E-state index contributed by atoms with van der Waals surface area (Å²) in [5.41, 5.74) is 2.87. The van der Waals surface area contributed by atoms with Crippen LogP contribution in [0.5, 0.6) is 0 Å². The van der Waals surface area contributed by atoms with Crippen LogP contribution >= 0.6 is 0 Å². The highest BCUT2D eigenvalue weighted by Crippen LogP contribution is 2.27. The minimum Gasteiger partial charge on any atom is -0.480 e. The maximum absolute atomic E-state index is 11.8. The van der Waals surface area contributed by atoms with E-state index in [1.165, 1.54) is 6.92 Å². The normalized spacial score (nSPS) is 10.7. The van der Waals surface area contributed by atoms with Gasteiger partial charge in [-0.1, -0.05) is 0 Å². The number of rotatable bonds is 5. The SMILES string of the molecule is CC(=O)c1cn(CC(=O)O)c2ccc(Nc3cccnc3)cc12.